The zero-order chi connectivity index (χ0) is 15.9. The Hall–Kier alpha value is -0.850. The Morgan fingerprint density at radius 3 is 2.62 bits per heavy atom. The van der Waals surface area contributed by atoms with Gasteiger partial charge in [0.2, 0.25) is 0 Å². The molecule has 1 heterocycles. The molecule has 124 valence electrons. The summed E-state index contributed by atoms with van der Waals surface area (Å²) in [6, 6.07) is 0.526. The summed E-state index contributed by atoms with van der Waals surface area (Å²) in [5, 5.41) is 3.50. The highest BCUT2D eigenvalue weighted by atomic mass is 16.6. The summed E-state index contributed by atoms with van der Waals surface area (Å²) in [6.07, 6.45) is 0.894. The van der Waals surface area contributed by atoms with Gasteiger partial charge in [-0.05, 0) is 40.8 Å². The van der Waals surface area contributed by atoms with Crippen LogP contribution >= 0.6 is 0 Å². The third-order valence-electron chi connectivity index (χ3n) is 3.42. The molecule has 0 saturated carbocycles. The monoisotopic (exact) mass is 301 g/mol. The molecule has 0 radical (unpaired) electrons. The van der Waals surface area contributed by atoms with E-state index in [-0.39, 0.29) is 6.09 Å². The van der Waals surface area contributed by atoms with E-state index in [1.54, 1.807) is 12.0 Å². The van der Waals surface area contributed by atoms with Gasteiger partial charge in [-0.15, -0.1) is 0 Å². The molecule has 0 aromatic rings. The minimum absolute atomic E-state index is 0.273. The van der Waals surface area contributed by atoms with Gasteiger partial charge in [-0.3, -0.25) is 0 Å². The van der Waals surface area contributed by atoms with Crippen LogP contribution in [0.3, 0.4) is 0 Å². The van der Waals surface area contributed by atoms with Gasteiger partial charge < -0.3 is 24.6 Å². The summed E-state index contributed by atoms with van der Waals surface area (Å²) in [5.41, 5.74) is -0.468. The first-order valence-electron chi connectivity index (χ1n) is 7.70. The molecule has 0 aliphatic carbocycles. The number of likely N-dealkylation sites (N-methyl/N-ethyl adjacent to an activating group) is 1. The molecule has 1 aliphatic rings. The van der Waals surface area contributed by atoms with Crippen molar-refractivity contribution in [2.75, 3.05) is 53.5 Å². The molecule has 21 heavy (non-hydrogen) atoms. The van der Waals surface area contributed by atoms with Crippen LogP contribution in [0.5, 0.6) is 0 Å². The second-order valence-electron chi connectivity index (χ2n) is 6.66. The molecule has 1 N–H and O–H groups in total. The molecule has 1 aliphatic heterocycles. The quantitative estimate of drug-likeness (QED) is 0.765. The largest absolute Gasteiger partial charge is 0.444 e. The number of hydrogen-bond donors (Lipinski definition) is 1. The van der Waals surface area contributed by atoms with Crippen LogP contribution in [0.4, 0.5) is 4.79 Å². The maximum Gasteiger partial charge on any atom is 0.410 e. The first kappa shape index (κ1) is 18.2. The van der Waals surface area contributed by atoms with E-state index in [0.717, 1.165) is 19.6 Å². The maximum absolute atomic E-state index is 12.2. The molecule has 6 heteroatoms. The van der Waals surface area contributed by atoms with E-state index >= 15 is 0 Å². The van der Waals surface area contributed by atoms with Gasteiger partial charge >= 0.3 is 6.09 Å². The standard InChI is InChI=1S/C15H31N3O3/c1-15(2,3)21-14(19)18(10-11-20-5)9-7-16-13-6-8-17(4)12-13/h13,16H,6-12H2,1-5H3. The van der Waals surface area contributed by atoms with Gasteiger partial charge in [0.15, 0.2) is 0 Å². The zero-order valence-electron chi connectivity index (χ0n) is 14.1. The van der Waals surface area contributed by atoms with Gasteiger partial charge in [0, 0.05) is 39.3 Å². The van der Waals surface area contributed by atoms with E-state index in [1.165, 1.54) is 6.42 Å². The number of methoxy groups -OCH3 is 1. The minimum atomic E-state index is -0.468. The molecule has 0 aromatic carbocycles. The van der Waals surface area contributed by atoms with Gasteiger partial charge in [-0.25, -0.2) is 4.79 Å². The van der Waals surface area contributed by atoms with Crippen LogP contribution in [-0.4, -0.2) is 81.0 Å². The molecule has 1 fully saturated rings. The second-order valence-corrected chi connectivity index (χ2v) is 6.66. The van der Waals surface area contributed by atoms with Crippen LogP contribution in [0.1, 0.15) is 27.2 Å². The van der Waals surface area contributed by atoms with Crippen molar-refractivity contribution >= 4 is 6.09 Å². The number of hydrogen-bond acceptors (Lipinski definition) is 5. The Labute approximate surface area is 128 Å². The molecule has 0 aromatic heterocycles. The van der Waals surface area contributed by atoms with Gasteiger partial charge in [0.25, 0.3) is 0 Å². The predicted octanol–water partition coefficient (Wildman–Crippen LogP) is 1.16. The van der Waals surface area contributed by atoms with Crippen molar-refractivity contribution in [2.24, 2.45) is 0 Å². The third kappa shape index (κ3) is 7.64. The topological polar surface area (TPSA) is 54.0 Å². The molecule has 1 unspecified atom stereocenters. The van der Waals surface area contributed by atoms with Gasteiger partial charge in [0.05, 0.1) is 6.61 Å². The lowest BCUT2D eigenvalue weighted by Crippen LogP contribution is -2.44. The second kappa shape index (κ2) is 8.56. The fraction of sp³-hybridized carbons (Fsp3) is 0.933. The molecular weight excluding hydrogens is 270 g/mol. The third-order valence-corrected chi connectivity index (χ3v) is 3.42. The Balaban J connectivity index is 2.36. The van der Waals surface area contributed by atoms with Gasteiger partial charge in [-0.1, -0.05) is 0 Å². The number of likely N-dealkylation sites (tertiary alicyclic amines) is 1. The average molecular weight is 301 g/mol. The first-order chi connectivity index (χ1) is 9.81. The highest BCUT2D eigenvalue weighted by Crippen LogP contribution is 2.10. The zero-order valence-corrected chi connectivity index (χ0v) is 14.1. The molecule has 1 rings (SSSR count). The highest BCUT2D eigenvalue weighted by molar-refractivity contribution is 5.68. The van der Waals surface area contributed by atoms with Crippen molar-refractivity contribution in [1.29, 1.82) is 0 Å². The van der Waals surface area contributed by atoms with Crippen LogP contribution in [-0.2, 0) is 9.47 Å². The Morgan fingerprint density at radius 1 is 1.38 bits per heavy atom. The van der Waals surface area contributed by atoms with Crippen LogP contribution in [0.2, 0.25) is 0 Å². The molecular formula is C15H31N3O3. The lowest BCUT2D eigenvalue weighted by atomic mass is 10.2. The molecule has 0 spiro atoms. The lowest BCUT2D eigenvalue weighted by molar-refractivity contribution is 0.0203. The van der Waals surface area contributed by atoms with Crippen LogP contribution in [0.25, 0.3) is 0 Å². The van der Waals surface area contributed by atoms with E-state index < -0.39 is 5.60 Å². The Bertz CT molecular complexity index is 318. The SMILES string of the molecule is COCCN(CCNC1CCN(C)C1)C(=O)OC(C)(C)C. The van der Waals surface area contributed by atoms with Gasteiger partial charge in [-0.2, -0.15) is 0 Å². The fourth-order valence-corrected chi connectivity index (χ4v) is 2.33. The van der Waals surface area contributed by atoms with E-state index in [2.05, 4.69) is 17.3 Å². The predicted molar refractivity (Wildman–Crippen MR) is 83.6 cm³/mol. The van der Waals surface area contributed by atoms with Crippen LogP contribution < -0.4 is 5.32 Å². The molecule has 1 atom stereocenters. The summed E-state index contributed by atoms with van der Waals surface area (Å²) < 4.78 is 10.5. The van der Waals surface area contributed by atoms with Crippen molar-refractivity contribution in [3.8, 4) is 0 Å². The number of nitrogens with zero attached hydrogens (tertiary/aromatic N) is 2. The van der Waals surface area contributed by atoms with Crippen molar-refractivity contribution in [3.05, 3.63) is 0 Å². The van der Waals surface area contributed by atoms with E-state index in [1.807, 2.05) is 20.8 Å². The Morgan fingerprint density at radius 2 is 2.10 bits per heavy atom. The van der Waals surface area contributed by atoms with Crippen molar-refractivity contribution in [2.45, 2.75) is 38.8 Å². The summed E-state index contributed by atoms with van der Waals surface area (Å²) in [7, 11) is 3.77. The summed E-state index contributed by atoms with van der Waals surface area (Å²) in [6.45, 7) is 10.3. The van der Waals surface area contributed by atoms with E-state index in [0.29, 0.717) is 25.7 Å². The van der Waals surface area contributed by atoms with Crippen molar-refractivity contribution in [3.63, 3.8) is 0 Å². The van der Waals surface area contributed by atoms with E-state index in [4.69, 9.17) is 9.47 Å². The summed E-state index contributed by atoms with van der Waals surface area (Å²) in [4.78, 5) is 16.2. The van der Waals surface area contributed by atoms with Crippen molar-refractivity contribution in [1.82, 2.24) is 15.1 Å². The molecule has 0 bridgehead atoms. The molecule has 6 nitrogen and oxygen atoms in total. The van der Waals surface area contributed by atoms with Crippen LogP contribution in [0.15, 0.2) is 0 Å². The number of amides is 1. The lowest BCUT2D eigenvalue weighted by Gasteiger charge is -2.27. The average Bonchev–Trinajstić information content (AvgIpc) is 2.77. The number of rotatable bonds is 7. The normalized spacial score (nSPS) is 19.8. The molecule has 1 amide bonds. The number of ether oxygens (including phenoxy) is 2. The number of carbonyl (C=O) groups is 1. The fourth-order valence-electron chi connectivity index (χ4n) is 2.33. The number of nitrogens with one attached hydrogen (secondary N) is 1. The Kier molecular flexibility index (Phi) is 7.42. The van der Waals surface area contributed by atoms with Crippen molar-refractivity contribution < 1.29 is 14.3 Å². The maximum atomic E-state index is 12.2. The minimum Gasteiger partial charge on any atom is -0.444 e. The van der Waals surface area contributed by atoms with Crippen LogP contribution in [0, 0.1) is 0 Å². The van der Waals surface area contributed by atoms with E-state index in [9.17, 15) is 4.79 Å². The highest BCUT2D eigenvalue weighted by Gasteiger charge is 2.23. The number of carbonyl (C=O) groups excluding carboxylic acids is 1. The summed E-state index contributed by atoms with van der Waals surface area (Å²) in [5.74, 6) is 0. The van der Waals surface area contributed by atoms with Gasteiger partial charge in [0.1, 0.15) is 5.60 Å². The summed E-state index contributed by atoms with van der Waals surface area (Å²) >= 11 is 0. The smallest absolute Gasteiger partial charge is 0.410 e. The first-order valence-corrected chi connectivity index (χ1v) is 7.70. The molecule has 1 saturated heterocycles.